The molecule has 2 heterocycles. The highest BCUT2D eigenvalue weighted by Crippen LogP contribution is 2.33. The molecule has 0 bridgehead atoms. The van der Waals surface area contributed by atoms with Gasteiger partial charge in [0.15, 0.2) is 0 Å². The molecule has 15 nitrogen and oxygen atoms in total. The van der Waals surface area contributed by atoms with E-state index < -0.39 is 41.4 Å². The summed E-state index contributed by atoms with van der Waals surface area (Å²) in [7, 11) is 0. The number of amides is 5. The fourth-order valence-corrected chi connectivity index (χ4v) is 4.34. The van der Waals surface area contributed by atoms with E-state index in [-0.39, 0.29) is 42.9 Å². The SMILES string of the molecule is CC(C)(C)OC(=O)NCCOCCOCCOCCOCCOCCOc1cccc2c1C(=O)N(C1CCC(=O)NC1=O)C2=O. The second kappa shape index (κ2) is 18.4. The summed E-state index contributed by atoms with van der Waals surface area (Å²) in [6, 6.07) is 3.65. The van der Waals surface area contributed by atoms with Crippen LogP contribution < -0.4 is 15.4 Å². The van der Waals surface area contributed by atoms with Crippen LogP contribution in [0.4, 0.5) is 4.79 Å². The number of rotatable bonds is 20. The Labute approximate surface area is 262 Å². The minimum absolute atomic E-state index is 0.0493. The summed E-state index contributed by atoms with van der Waals surface area (Å²) in [4.78, 5) is 62.1. The third-order valence-electron chi connectivity index (χ3n) is 6.32. The number of nitrogens with one attached hydrogen (secondary N) is 2. The first-order valence-electron chi connectivity index (χ1n) is 14.9. The number of hydrogen-bond acceptors (Lipinski definition) is 12. The van der Waals surface area contributed by atoms with E-state index in [0.29, 0.717) is 66.0 Å². The van der Waals surface area contributed by atoms with Gasteiger partial charge in [0.2, 0.25) is 11.8 Å². The standard InChI is InChI=1S/C30H43N3O12/c1-30(2,3)45-29(38)31-9-10-39-11-12-40-13-14-41-15-16-42-17-18-43-19-20-44-23-6-4-5-21-25(23)28(37)33(27(21)36)22-7-8-24(34)32-26(22)35/h4-6,22H,7-20H2,1-3H3,(H,31,38)(H,32,34,35). The quantitative estimate of drug-likeness (QED) is 0.154. The van der Waals surface area contributed by atoms with Crippen LogP contribution in [0, 0.1) is 0 Å². The van der Waals surface area contributed by atoms with Gasteiger partial charge in [0, 0.05) is 13.0 Å². The van der Waals surface area contributed by atoms with Crippen LogP contribution in [0.2, 0.25) is 0 Å². The highest BCUT2D eigenvalue weighted by Gasteiger charge is 2.46. The lowest BCUT2D eigenvalue weighted by atomic mass is 10.0. The van der Waals surface area contributed by atoms with Crippen molar-refractivity contribution in [2.75, 3.05) is 79.2 Å². The van der Waals surface area contributed by atoms with Crippen LogP contribution in [0.3, 0.4) is 0 Å². The molecule has 1 atom stereocenters. The molecular formula is C30H43N3O12. The van der Waals surface area contributed by atoms with Crippen LogP contribution in [0.25, 0.3) is 0 Å². The molecule has 250 valence electrons. The molecule has 1 unspecified atom stereocenters. The predicted octanol–water partition coefficient (Wildman–Crippen LogP) is 1.07. The van der Waals surface area contributed by atoms with Crippen LogP contribution in [-0.2, 0) is 38.0 Å². The minimum Gasteiger partial charge on any atom is -0.490 e. The first-order chi connectivity index (χ1) is 21.6. The normalized spacial score (nSPS) is 16.5. The number of nitrogens with zero attached hydrogens (tertiary/aromatic N) is 1. The van der Waals surface area contributed by atoms with Crippen molar-refractivity contribution in [1.29, 1.82) is 0 Å². The Morgan fingerprint density at radius 2 is 1.38 bits per heavy atom. The van der Waals surface area contributed by atoms with Gasteiger partial charge in [0.1, 0.15) is 24.0 Å². The fraction of sp³-hybridized carbons (Fsp3) is 0.633. The number of carbonyl (C=O) groups excluding carboxylic acids is 5. The number of benzene rings is 1. The van der Waals surface area contributed by atoms with E-state index in [4.69, 9.17) is 33.2 Å². The maximum absolute atomic E-state index is 13.1. The van der Waals surface area contributed by atoms with Crippen LogP contribution >= 0.6 is 0 Å². The third-order valence-corrected chi connectivity index (χ3v) is 6.32. The van der Waals surface area contributed by atoms with Gasteiger partial charge in [0.05, 0.1) is 77.2 Å². The number of hydrogen-bond donors (Lipinski definition) is 2. The molecule has 0 aliphatic carbocycles. The molecule has 5 amide bonds. The Bertz CT molecular complexity index is 1170. The Kier molecular flexibility index (Phi) is 14.6. The molecule has 1 fully saturated rings. The van der Waals surface area contributed by atoms with Crippen molar-refractivity contribution in [1.82, 2.24) is 15.5 Å². The van der Waals surface area contributed by atoms with Gasteiger partial charge in [-0.1, -0.05) is 6.07 Å². The van der Waals surface area contributed by atoms with E-state index >= 15 is 0 Å². The minimum atomic E-state index is -1.04. The fourth-order valence-electron chi connectivity index (χ4n) is 4.34. The molecule has 15 heteroatoms. The molecular weight excluding hydrogens is 594 g/mol. The van der Waals surface area contributed by atoms with Gasteiger partial charge in [0.25, 0.3) is 11.8 Å². The van der Waals surface area contributed by atoms with Crippen LogP contribution in [-0.4, -0.2) is 125 Å². The van der Waals surface area contributed by atoms with Gasteiger partial charge in [-0.3, -0.25) is 29.4 Å². The summed E-state index contributed by atoms with van der Waals surface area (Å²) in [5.74, 6) is -2.09. The van der Waals surface area contributed by atoms with E-state index in [2.05, 4.69) is 10.6 Å². The predicted molar refractivity (Wildman–Crippen MR) is 157 cm³/mol. The van der Waals surface area contributed by atoms with Gasteiger partial charge in [-0.2, -0.15) is 0 Å². The van der Waals surface area contributed by atoms with Crippen molar-refractivity contribution in [3.05, 3.63) is 29.3 Å². The molecule has 0 saturated carbocycles. The third kappa shape index (κ3) is 12.0. The average Bonchev–Trinajstić information content (AvgIpc) is 3.23. The smallest absolute Gasteiger partial charge is 0.407 e. The van der Waals surface area contributed by atoms with Crippen molar-refractivity contribution < 1.29 is 57.1 Å². The maximum atomic E-state index is 13.1. The Hall–Kier alpha value is -3.63. The lowest BCUT2D eigenvalue weighted by Gasteiger charge is -2.27. The zero-order valence-corrected chi connectivity index (χ0v) is 26.1. The Morgan fingerprint density at radius 3 is 1.93 bits per heavy atom. The first kappa shape index (κ1) is 35.8. The summed E-state index contributed by atoms with van der Waals surface area (Å²) >= 11 is 0. The number of carbonyl (C=O) groups is 5. The summed E-state index contributed by atoms with van der Waals surface area (Å²) in [5.41, 5.74) is -0.284. The average molecular weight is 638 g/mol. The zero-order chi connectivity index (χ0) is 32.7. The summed E-state index contributed by atoms with van der Waals surface area (Å²) in [5, 5.41) is 4.78. The highest BCUT2D eigenvalue weighted by atomic mass is 16.6. The summed E-state index contributed by atoms with van der Waals surface area (Å²) in [6.45, 7) is 9.59. The van der Waals surface area contributed by atoms with Crippen LogP contribution in [0.5, 0.6) is 5.75 Å². The molecule has 0 radical (unpaired) electrons. The van der Waals surface area contributed by atoms with Crippen molar-refractivity contribution in [3.63, 3.8) is 0 Å². The van der Waals surface area contributed by atoms with Gasteiger partial charge in [-0.05, 0) is 39.3 Å². The molecule has 2 aliphatic heterocycles. The first-order valence-corrected chi connectivity index (χ1v) is 14.9. The lowest BCUT2D eigenvalue weighted by molar-refractivity contribution is -0.136. The maximum Gasteiger partial charge on any atom is 0.407 e. The summed E-state index contributed by atoms with van der Waals surface area (Å²) in [6.07, 6.45) is -0.344. The van der Waals surface area contributed by atoms with Gasteiger partial charge >= 0.3 is 6.09 Å². The Balaban J connectivity index is 1.15. The monoisotopic (exact) mass is 637 g/mol. The molecule has 1 aromatic carbocycles. The van der Waals surface area contributed by atoms with E-state index in [1.54, 1.807) is 32.9 Å². The van der Waals surface area contributed by atoms with E-state index in [1.807, 2.05) is 0 Å². The van der Waals surface area contributed by atoms with Crippen molar-refractivity contribution in [2.24, 2.45) is 0 Å². The van der Waals surface area contributed by atoms with Crippen molar-refractivity contribution in [3.8, 4) is 5.75 Å². The van der Waals surface area contributed by atoms with E-state index in [0.717, 1.165) is 4.90 Å². The van der Waals surface area contributed by atoms with E-state index in [9.17, 15) is 24.0 Å². The molecule has 1 saturated heterocycles. The molecule has 0 spiro atoms. The number of ether oxygens (including phenoxy) is 7. The Morgan fingerprint density at radius 1 is 0.822 bits per heavy atom. The highest BCUT2D eigenvalue weighted by molar-refractivity contribution is 6.24. The van der Waals surface area contributed by atoms with Gasteiger partial charge < -0.3 is 38.5 Å². The summed E-state index contributed by atoms with van der Waals surface area (Å²) < 4.78 is 38.0. The lowest BCUT2D eigenvalue weighted by Crippen LogP contribution is -2.54. The number of piperidine rings is 1. The topological polar surface area (TPSA) is 177 Å². The molecule has 1 aromatic rings. The second-order valence-electron chi connectivity index (χ2n) is 11.0. The molecule has 3 rings (SSSR count). The molecule has 45 heavy (non-hydrogen) atoms. The molecule has 0 aromatic heterocycles. The van der Waals surface area contributed by atoms with Crippen molar-refractivity contribution in [2.45, 2.75) is 45.3 Å². The molecule has 2 N–H and O–H groups in total. The second-order valence-corrected chi connectivity index (χ2v) is 11.0. The van der Waals surface area contributed by atoms with Crippen LogP contribution in [0.15, 0.2) is 18.2 Å². The number of fused-ring (bicyclic) bond motifs is 1. The van der Waals surface area contributed by atoms with Crippen molar-refractivity contribution >= 4 is 29.7 Å². The number of alkyl carbamates (subject to hydrolysis) is 1. The zero-order valence-electron chi connectivity index (χ0n) is 26.1. The van der Waals surface area contributed by atoms with Gasteiger partial charge in [-0.25, -0.2) is 4.79 Å². The van der Waals surface area contributed by atoms with Gasteiger partial charge in [-0.15, -0.1) is 0 Å². The van der Waals surface area contributed by atoms with Crippen LogP contribution in [0.1, 0.15) is 54.3 Å². The van der Waals surface area contributed by atoms with E-state index in [1.165, 1.54) is 6.07 Å². The largest absolute Gasteiger partial charge is 0.490 e. The number of imide groups is 2. The molecule has 2 aliphatic rings.